The number of imide groups is 1. The number of benzene rings is 2. The second-order valence-corrected chi connectivity index (χ2v) is 12.9. The van der Waals surface area contributed by atoms with Crippen molar-refractivity contribution in [1.29, 1.82) is 0 Å². The summed E-state index contributed by atoms with van der Waals surface area (Å²) in [7, 11) is 5.27. The lowest BCUT2D eigenvalue weighted by Crippen LogP contribution is -2.53. The summed E-state index contributed by atoms with van der Waals surface area (Å²) in [6.07, 6.45) is 6.27. The number of hydrogen-bond acceptors (Lipinski definition) is 13. The number of hydrogen-bond donors (Lipinski definition) is 2. The van der Waals surface area contributed by atoms with Crippen LogP contribution in [-0.2, 0) is 14.3 Å². The second-order valence-electron chi connectivity index (χ2n) is 11.9. The molecule has 1 atom stereocenters. The van der Waals surface area contributed by atoms with E-state index in [0.29, 0.717) is 50.0 Å². The van der Waals surface area contributed by atoms with Gasteiger partial charge in [-0.1, -0.05) is 12.1 Å². The Bertz CT molecular complexity index is 2050. The van der Waals surface area contributed by atoms with Gasteiger partial charge in [-0.25, -0.2) is 15.0 Å². The summed E-state index contributed by atoms with van der Waals surface area (Å²) < 4.78 is 12.7. The zero-order valence-corrected chi connectivity index (χ0v) is 29.1. The molecule has 0 saturated carbocycles. The number of amides is 3. The van der Waals surface area contributed by atoms with Gasteiger partial charge in [0.1, 0.15) is 23.4 Å². The van der Waals surface area contributed by atoms with Crippen LogP contribution in [0.1, 0.15) is 33.6 Å². The predicted octanol–water partition coefficient (Wildman–Crippen LogP) is 4.08. The van der Waals surface area contributed by atoms with E-state index in [1.165, 1.54) is 11.9 Å². The quantitative estimate of drug-likeness (QED) is 0.0965. The van der Waals surface area contributed by atoms with Crippen LogP contribution in [0.4, 0.5) is 11.6 Å². The van der Waals surface area contributed by atoms with Gasteiger partial charge in [-0.3, -0.25) is 29.5 Å². The SMILES string of the molecule is CN(C)c1ncc(-c2ccc(-c3nc4ccc(OCCOCCNc5cccc(C=O)c5C(=O)N(C)C5CCC(=O)NC5=O)cc4s3)cn2)cn1. The molecular formula is C36H36N8O6S. The fraction of sp³-hybridized carbons (Fsp3) is 0.278. The van der Waals surface area contributed by atoms with Gasteiger partial charge >= 0.3 is 0 Å². The molecule has 14 nitrogen and oxygen atoms in total. The molecule has 51 heavy (non-hydrogen) atoms. The smallest absolute Gasteiger partial charge is 0.257 e. The molecule has 0 radical (unpaired) electrons. The number of fused-ring (bicyclic) bond motifs is 1. The molecule has 15 heteroatoms. The van der Waals surface area contributed by atoms with Crippen molar-refractivity contribution in [1.82, 2.24) is 30.2 Å². The predicted molar refractivity (Wildman–Crippen MR) is 193 cm³/mol. The Labute approximate surface area is 297 Å². The van der Waals surface area contributed by atoms with Crippen molar-refractivity contribution in [2.24, 2.45) is 0 Å². The number of carbonyl (C=O) groups excluding carboxylic acids is 4. The van der Waals surface area contributed by atoms with Crippen LogP contribution < -0.4 is 20.3 Å². The largest absolute Gasteiger partial charge is 0.491 e. The van der Waals surface area contributed by atoms with Gasteiger partial charge in [0.05, 0.1) is 34.7 Å². The third kappa shape index (κ3) is 8.16. The van der Waals surface area contributed by atoms with Gasteiger partial charge in [0.2, 0.25) is 17.8 Å². The zero-order valence-electron chi connectivity index (χ0n) is 28.3. The maximum absolute atomic E-state index is 13.4. The van der Waals surface area contributed by atoms with Crippen molar-refractivity contribution in [3.8, 4) is 27.6 Å². The zero-order chi connectivity index (χ0) is 35.9. The fourth-order valence-corrected chi connectivity index (χ4v) is 6.48. The first-order valence-electron chi connectivity index (χ1n) is 16.2. The molecule has 3 amide bonds. The van der Waals surface area contributed by atoms with Gasteiger partial charge in [-0.15, -0.1) is 11.3 Å². The number of ether oxygens (including phenoxy) is 2. The maximum atomic E-state index is 13.4. The Morgan fingerprint density at radius 1 is 1.00 bits per heavy atom. The standard InChI is InChI=1S/C36H36N8O6S/c1-43(2)36-39-19-24(20-40-36)26-9-7-22(18-38-26)34-41-27-10-8-25(17-30(27)51-34)50-16-15-49-14-13-37-28-6-4-5-23(21-45)32(28)35(48)44(3)29-11-12-31(46)42-33(29)47/h4-10,17-21,29,37H,11-16H2,1-3H3,(H,42,46,47). The summed E-state index contributed by atoms with van der Waals surface area (Å²) in [5, 5.41) is 6.27. The number of nitrogens with one attached hydrogen (secondary N) is 2. The van der Waals surface area contributed by atoms with E-state index in [9.17, 15) is 19.2 Å². The molecule has 262 valence electrons. The Kier molecular flexibility index (Phi) is 10.9. The van der Waals surface area contributed by atoms with E-state index in [4.69, 9.17) is 14.5 Å². The van der Waals surface area contributed by atoms with Crippen LogP contribution >= 0.6 is 11.3 Å². The molecule has 1 aliphatic rings. The van der Waals surface area contributed by atoms with Crippen LogP contribution in [0.15, 0.2) is 67.1 Å². The van der Waals surface area contributed by atoms with Crippen molar-refractivity contribution in [3.63, 3.8) is 0 Å². The molecular weight excluding hydrogens is 673 g/mol. The summed E-state index contributed by atoms with van der Waals surface area (Å²) >= 11 is 1.55. The lowest BCUT2D eigenvalue weighted by atomic mass is 10.0. The molecule has 2 aromatic carbocycles. The lowest BCUT2D eigenvalue weighted by molar-refractivity contribution is -0.136. The van der Waals surface area contributed by atoms with E-state index in [-0.39, 0.29) is 29.9 Å². The molecule has 1 unspecified atom stereocenters. The highest BCUT2D eigenvalue weighted by Crippen LogP contribution is 2.33. The highest BCUT2D eigenvalue weighted by atomic mass is 32.1. The van der Waals surface area contributed by atoms with Crippen LogP contribution in [-0.4, -0.2) is 102 Å². The summed E-state index contributed by atoms with van der Waals surface area (Å²) in [5.74, 6) is -0.0731. The van der Waals surface area contributed by atoms with Gasteiger partial charge in [0, 0.05) is 75.1 Å². The summed E-state index contributed by atoms with van der Waals surface area (Å²) in [6.45, 7) is 1.31. The monoisotopic (exact) mass is 708 g/mol. The number of aromatic nitrogens is 4. The number of carbonyl (C=O) groups is 4. The van der Waals surface area contributed by atoms with Gasteiger partial charge < -0.3 is 24.6 Å². The topological polar surface area (TPSA) is 169 Å². The fourth-order valence-electron chi connectivity index (χ4n) is 5.50. The summed E-state index contributed by atoms with van der Waals surface area (Å²) in [6, 6.07) is 13.8. The van der Waals surface area contributed by atoms with E-state index >= 15 is 0 Å². The van der Waals surface area contributed by atoms with Gasteiger partial charge in [0.15, 0.2) is 6.29 Å². The van der Waals surface area contributed by atoms with Crippen molar-refractivity contribution < 1.29 is 28.7 Å². The number of nitrogens with zero attached hydrogens (tertiary/aromatic N) is 6. The van der Waals surface area contributed by atoms with Crippen LogP contribution in [0.2, 0.25) is 0 Å². The molecule has 2 N–H and O–H groups in total. The van der Waals surface area contributed by atoms with Gasteiger partial charge in [0.25, 0.3) is 5.91 Å². The molecule has 5 aromatic rings. The van der Waals surface area contributed by atoms with Crippen molar-refractivity contribution in [2.45, 2.75) is 18.9 Å². The van der Waals surface area contributed by atoms with Crippen molar-refractivity contribution in [2.75, 3.05) is 57.7 Å². The molecule has 4 heterocycles. The second kappa shape index (κ2) is 15.8. The molecule has 0 aliphatic carbocycles. The number of pyridine rings is 1. The maximum Gasteiger partial charge on any atom is 0.257 e. The lowest BCUT2D eigenvalue weighted by Gasteiger charge is -2.30. The Hall–Kier alpha value is -5.80. The Balaban J connectivity index is 0.982. The average Bonchev–Trinajstić information content (AvgIpc) is 3.57. The van der Waals surface area contributed by atoms with E-state index < -0.39 is 17.9 Å². The Morgan fingerprint density at radius 2 is 1.80 bits per heavy atom. The number of anilines is 2. The van der Waals surface area contributed by atoms with Gasteiger partial charge in [-0.05, 0) is 42.8 Å². The minimum absolute atomic E-state index is 0.134. The van der Waals surface area contributed by atoms with E-state index in [0.717, 1.165) is 32.0 Å². The molecule has 1 aliphatic heterocycles. The third-order valence-corrected chi connectivity index (χ3v) is 9.27. The summed E-state index contributed by atoms with van der Waals surface area (Å²) in [5.41, 5.74) is 4.17. The summed E-state index contributed by atoms with van der Waals surface area (Å²) in [4.78, 5) is 70.3. The number of rotatable bonds is 14. The van der Waals surface area contributed by atoms with E-state index in [1.54, 1.807) is 48.1 Å². The molecule has 6 rings (SSSR count). The number of likely N-dealkylation sites (N-methyl/N-ethyl adjacent to an activating group) is 1. The molecule has 3 aromatic heterocycles. The molecule has 0 bridgehead atoms. The highest BCUT2D eigenvalue weighted by molar-refractivity contribution is 7.21. The first-order valence-corrected chi connectivity index (χ1v) is 17.0. The third-order valence-electron chi connectivity index (χ3n) is 8.20. The van der Waals surface area contributed by atoms with Crippen LogP contribution in [0.25, 0.3) is 32.0 Å². The van der Waals surface area contributed by atoms with Crippen molar-refractivity contribution in [3.05, 3.63) is 78.2 Å². The van der Waals surface area contributed by atoms with E-state index in [1.807, 2.05) is 49.3 Å². The number of piperidine rings is 1. The van der Waals surface area contributed by atoms with Gasteiger partial charge in [-0.2, -0.15) is 0 Å². The minimum atomic E-state index is -0.811. The van der Waals surface area contributed by atoms with Crippen LogP contribution in [0.3, 0.4) is 0 Å². The average molecular weight is 709 g/mol. The van der Waals surface area contributed by atoms with Crippen molar-refractivity contribution >= 4 is 57.2 Å². The molecule has 1 saturated heterocycles. The Morgan fingerprint density at radius 3 is 2.53 bits per heavy atom. The number of aldehydes is 1. The molecule has 1 fully saturated rings. The normalized spacial score (nSPS) is 14.2. The first kappa shape index (κ1) is 35.0. The first-order chi connectivity index (χ1) is 24.7. The van der Waals surface area contributed by atoms with Crippen LogP contribution in [0.5, 0.6) is 5.75 Å². The highest BCUT2D eigenvalue weighted by Gasteiger charge is 2.34. The molecule has 0 spiro atoms. The number of thiazole rings is 1. The minimum Gasteiger partial charge on any atom is -0.491 e. The van der Waals surface area contributed by atoms with E-state index in [2.05, 4.69) is 25.6 Å². The van der Waals surface area contributed by atoms with Crippen LogP contribution in [0, 0.1) is 0 Å².